The molecule has 0 aliphatic heterocycles. The van der Waals surface area contributed by atoms with E-state index >= 15 is 0 Å². The molecular weight excluding hydrogens is 394 g/mol. The molecule has 1 N–H and O–H groups in total. The van der Waals surface area contributed by atoms with E-state index in [0.29, 0.717) is 34.7 Å². The number of rotatable bonds is 7. The number of ether oxygens (including phenoxy) is 2. The van der Waals surface area contributed by atoms with Gasteiger partial charge in [-0.2, -0.15) is 10.1 Å². The maximum absolute atomic E-state index is 12.1. The second-order valence-electron chi connectivity index (χ2n) is 6.84. The third-order valence-electron chi connectivity index (χ3n) is 4.29. The highest BCUT2D eigenvalue weighted by Gasteiger charge is 2.08. The van der Waals surface area contributed by atoms with Crippen LogP contribution in [0.1, 0.15) is 11.4 Å². The Morgan fingerprint density at radius 2 is 1.74 bits per heavy atom. The van der Waals surface area contributed by atoms with Crippen LogP contribution in [0, 0.1) is 13.8 Å². The molecule has 0 atom stereocenters. The molecule has 4 rings (SSSR count). The zero-order valence-corrected chi connectivity index (χ0v) is 17.1. The highest BCUT2D eigenvalue weighted by atomic mass is 16.5. The number of aromatic nitrogens is 4. The van der Waals surface area contributed by atoms with Crippen LogP contribution in [0.2, 0.25) is 0 Å². The van der Waals surface area contributed by atoms with Crippen molar-refractivity contribution in [3.8, 4) is 23.2 Å². The van der Waals surface area contributed by atoms with Gasteiger partial charge in [-0.1, -0.05) is 17.7 Å². The number of anilines is 1. The van der Waals surface area contributed by atoms with E-state index in [1.54, 1.807) is 54.3 Å². The van der Waals surface area contributed by atoms with Gasteiger partial charge in [0.2, 0.25) is 5.88 Å². The minimum absolute atomic E-state index is 0.0717. The fraction of sp³-hybridized carbons (Fsp3) is 0.130. The normalized spacial score (nSPS) is 10.5. The lowest BCUT2D eigenvalue weighted by molar-refractivity contribution is -0.118. The Morgan fingerprint density at radius 3 is 2.45 bits per heavy atom. The molecule has 0 bridgehead atoms. The SMILES string of the molecule is Cc1ccc(OCC(=O)Nc2ccc(Oc3cc(-n4cccn4)nc(C)n3)cc2)cc1. The molecule has 8 heteroatoms. The van der Waals surface area contributed by atoms with Gasteiger partial charge in [0, 0.05) is 24.1 Å². The summed E-state index contributed by atoms with van der Waals surface area (Å²) in [4.78, 5) is 20.8. The van der Waals surface area contributed by atoms with Crippen LogP contribution in [-0.2, 0) is 4.79 Å². The van der Waals surface area contributed by atoms with Crippen molar-refractivity contribution < 1.29 is 14.3 Å². The Labute approximate surface area is 179 Å². The van der Waals surface area contributed by atoms with Crippen LogP contribution in [0.3, 0.4) is 0 Å². The number of hydrogen-bond donors (Lipinski definition) is 1. The molecule has 0 radical (unpaired) electrons. The van der Waals surface area contributed by atoms with Gasteiger partial charge >= 0.3 is 0 Å². The first-order valence-corrected chi connectivity index (χ1v) is 9.68. The molecule has 0 spiro atoms. The van der Waals surface area contributed by atoms with Crippen molar-refractivity contribution in [3.05, 3.63) is 84.4 Å². The van der Waals surface area contributed by atoms with Crippen LogP contribution >= 0.6 is 0 Å². The number of amides is 1. The molecule has 2 aromatic heterocycles. The lowest BCUT2D eigenvalue weighted by Gasteiger charge is -2.10. The topological polar surface area (TPSA) is 91.2 Å². The van der Waals surface area contributed by atoms with E-state index in [1.807, 2.05) is 37.3 Å². The van der Waals surface area contributed by atoms with Gasteiger partial charge in [-0.15, -0.1) is 0 Å². The van der Waals surface area contributed by atoms with Crippen LogP contribution in [0.5, 0.6) is 17.4 Å². The molecule has 0 aliphatic carbocycles. The molecule has 0 fully saturated rings. The average Bonchev–Trinajstić information content (AvgIpc) is 3.29. The highest BCUT2D eigenvalue weighted by Crippen LogP contribution is 2.23. The molecule has 8 nitrogen and oxygen atoms in total. The summed E-state index contributed by atoms with van der Waals surface area (Å²) < 4.78 is 13.0. The lowest BCUT2D eigenvalue weighted by atomic mass is 10.2. The number of carbonyl (C=O) groups excluding carboxylic acids is 1. The van der Waals surface area contributed by atoms with Crippen LogP contribution in [0.4, 0.5) is 5.69 Å². The molecule has 0 saturated heterocycles. The van der Waals surface area contributed by atoms with Crippen molar-refractivity contribution in [2.45, 2.75) is 13.8 Å². The molecule has 2 aromatic carbocycles. The van der Waals surface area contributed by atoms with E-state index in [9.17, 15) is 4.79 Å². The van der Waals surface area contributed by atoms with E-state index in [1.165, 1.54) is 0 Å². The summed E-state index contributed by atoms with van der Waals surface area (Å²) in [6, 6.07) is 18.1. The second-order valence-corrected chi connectivity index (χ2v) is 6.84. The van der Waals surface area contributed by atoms with Gasteiger partial charge in [-0.3, -0.25) is 4.79 Å². The number of nitrogens with one attached hydrogen (secondary N) is 1. The standard InChI is InChI=1S/C23H21N5O3/c1-16-4-8-19(9-5-16)30-15-22(29)27-18-6-10-20(11-7-18)31-23-14-21(25-17(2)26-23)28-13-3-12-24-28/h3-14H,15H2,1-2H3,(H,27,29). The maximum Gasteiger partial charge on any atom is 0.262 e. The fourth-order valence-electron chi connectivity index (χ4n) is 2.81. The Kier molecular flexibility index (Phi) is 5.89. The molecule has 156 valence electrons. The summed E-state index contributed by atoms with van der Waals surface area (Å²) in [6.45, 7) is 3.71. The Hall–Kier alpha value is -4.20. The predicted molar refractivity (Wildman–Crippen MR) is 116 cm³/mol. The Bertz CT molecular complexity index is 1160. The summed E-state index contributed by atoms with van der Waals surface area (Å²) in [7, 11) is 0. The van der Waals surface area contributed by atoms with E-state index in [2.05, 4.69) is 20.4 Å². The van der Waals surface area contributed by atoms with Gasteiger partial charge in [-0.05, 0) is 56.3 Å². The van der Waals surface area contributed by atoms with Gasteiger partial charge < -0.3 is 14.8 Å². The van der Waals surface area contributed by atoms with Crippen molar-refractivity contribution >= 4 is 11.6 Å². The Balaban J connectivity index is 1.35. The molecule has 0 unspecified atom stereocenters. The van der Waals surface area contributed by atoms with Gasteiger partial charge in [0.05, 0.1) is 0 Å². The zero-order chi connectivity index (χ0) is 21.6. The molecule has 4 aromatic rings. The number of hydrogen-bond acceptors (Lipinski definition) is 6. The van der Waals surface area contributed by atoms with Crippen molar-refractivity contribution in [1.82, 2.24) is 19.7 Å². The largest absolute Gasteiger partial charge is 0.484 e. The molecule has 1 amide bonds. The van der Waals surface area contributed by atoms with Gasteiger partial charge in [0.15, 0.2) is 12.4 Å². The molecule has 0 saturated carbocycles. The first-order chi connectivity index (χ1) is 15.0. The number of nitrogens with zero attached hydrogens (tertiary/aromatic N) is 4. The first kappa shape index (κ1) is 20.1. The summed E-state index contributed by atoms with van der Waals surface area (Å²) in [5, 5.41) is 6.97. The van der Waals surface area contributed by atoms with E-state index in [4.69, 9.17) is 9.47 Å². The summed E-state index contributed by atoms with van der Waals surface area (Å²) >= 11 is 0. The Morgan fingerprint density at radius 1 is 1.00 bits per heavy atom. The molecule has 31 heavy (non-hydrogen) atoms. The van der Waals surface area contributed by atoms with Crippen LogP contribution < -0.4 is 14.8 Å². The number of aryl methyl sites for hydroxylation is 2. The minimum atomic E-state index is -0.246. The quantitative estimate of drug-likeness (QED) is 0.489. The van der Waals surface area contributed by atoms with Gasteiger partial charge in [-0.25, -0.2) is 9.67 Å². The lowest BCUT2D eigenvalue weighted by Crippen LogP contribution is -2.20. The van der Waals surface area contributed by atoms with Gasteiger partial charge in [0.1, 0.15) is 17.3 Å². The second kappa shape index (κ2) is 9.08. The smallest absolute Gasteiger partial charge is 0.262 e. The fourth-order valence-corrected chi connectivity index (χ4v) is 2.81. The van der Waals surface area contributed by atoms with Crippen LogP contribution in [0.25, 0.3) is 5.82 Å². The summed E-state index contributed by atoms with van der Waals surface area (Å²) in [6.07, 6.45) is 3.47. The van der Waals surface area contributed by atoms with Crippen molar-refractivity contribution in [2.75, 3.05) is 11.9 Å². The third kappa shape index (κ3) is 5.45. The molecular formula is C23H21N5O3. The van der Waals surface area contributed by atoms with E-state index < -0.39 is 0 Å². The monoisotopic (exact) mass is 415 g/mol. The van der Waals surface area contributed by atoms with E-state index in [-0.39, 0.29) is 12.5 Å². The van der Waals surface area contributed by atoms with E-state index in [0.717, 1.165) is 5.56 Å². The average molecular weight is 415 g/mol. The predicted octanol–water partition coefficient (Wildman–Crippen LogP) is 4.09. The zero-order valence-electron chi connectivity index (χ0n) is 17.1. The third-order valence-corrected chi connectivity index (χ3v) is 4.29. The number of carbonyl (C=O) groups is 1. The molecule has 0 aliphatic rings. The van der Waals surface area contributed by atoms with Crippen LogP contribution in [0.15, 0.2) is 73.1 Å². The van der Waals surface area contributed by atoms with Gasteiger partial charge in [0.25, 0.3) is 5.91 Å². The van der Waals surface area contributed by atoms with Crippen molar-refractivity contribution in [2.24, 2.45) is 0 Å². The summed E-state index contributed by atoms with van der Waals surface area (Å²) in [5.41, 5.74) is 1.77. The van der Waals surface area contributed by atoms with Crippen LogP contribution in [-0.4, -0.2) is 32.3 Å². The van der Waals surface area contributed by atoms with Crippen molar-refractivity contribution in [1.29, 1.82) is 0 Å². The summed E-state index contributed by atoms with van der Waals surface area (Å²) in [5.74, 6) is 2.58. The molecule has 2 heterocycles. The minimum Gasteiger partial charge on any atom is -0.484 e. The highest BCUT2D eigenvalue weighted by molar-refractivity contribution is 5.91. The first-order valence-electron chi connectivity index (χ1n) is 9.68. The number of benzene rings is 2. The maximum atomic E-state index is 12.1. The van der Waals surface area contributed by atoms with Crippen molar-refractivity contribution in [3.63, 3.8) is 0 Å².